The summed E-state index contributed by atoms with van der Waals surface area (Å²) in [6, 6.07) is 17.3. The number of hydrogen-bond acceptors (Lipinski definition) is 4. The molecule has 1 aliphatic heterocycles. The van der Waals surface area contributed by atoms with E-state index in [2.05, 4.69) is 35.6 Å². The molecule has 5 nitrogen and oxygen atoms in total. The van der Waals surface area contributed by atoms with Crippen molar-refractivity contribution >= 4 is 36.2 Å². The first-order valence-electron chi connectivity index (χ1n) is 10.1. The molecule has 0 radical (unpaired) electrons. The molecule has 3 rings (SSSR count). The van der Waals surface area contributed by atoms with E-state index in [0.717, 1.165) is 15.6 Å². The smallest absolute Gasteiger partial charge is 0.416 e. The van der Waals surface area contributed by atoms with Crippen LogP contribution in [0.25, 0.3) is 0 Å². The van der Waals surface area contributed by atoms with E-state index in [1.54, 1.807) is 0 Å². The Balaban J connectivity index is 1.86. The molecule has 0 aliphatic carbocycles. The lowest BCUT2D eigenvalue weighted by atomic mass is 9.95. The van der Waals surface area contributed by atoms with Crippen LogP contribution in [0.2, 0.25) is 19.6 Å². The quantitative estimate of drug-likeness (QED) is 0.477. The van der Waals surface area contributed by atoms with Gasteiger partial charge in [-0.05, 0) is 49.3 Å². The SMILES string of the molecule is C[C@@H](C(=O)N1C(=O)OC[C@@H]1Cc1ccccc1)[C@H](O[Si](C)(C)C)c1cccc(Br)c1. The van der Waals surface area contributed by atoms with Gasteiger partial charge in [0.15, 0.2) is 8.32 Å². The molecule has 0 spiro atoms. The van der Waals surface area contributed by atoms with Crippen molar-refractivity contribution in [2.75, 3.05) is 6.61 Å². The fraction of sp³-hybridized carbons (Fsp3) is 0.391. The molecule has 0 bridgehead atoms. The Labute approximate surface area is 187 Å². The molecular formula is C23H28BrNO4Si. The lowest BCUT2D eigenvalue weighted by Crippen LogP contribution is -2.45. The van der Waals surface area contributed by atoms with Crippen molar-refractivity contribution in [3.05, 3.63) is 70.2 Å². The van der Waals surface area contributed by atoms with Gasteiger partial charge in [-0.15, -0.1) is 0 Å². The zero-order valence-corrected chi connectivity index (χ0v) is 20.4. The van der Waals surface area contributed by atoms with Gasteiger partial charge in [-0.25, -0.2) is 9.69 Å². The van der Waals surface area contributed by atoms with Gasteiger partial charge in [0.2, 0.25) is 5.91 Å². The Morgan fingerprint density at radius 1 is 1.20 bits per heavy atom. The first kappa shape index (κ1) is 22.7. The highest BCUT2D eigenvalue weighted by atomic mass is 79.9. The largest absolute Gasteiger partial charge is 0.447 e. The van der Waals surface area contributed by atoms with Gasteiger partial charge in [-0.1, -0.05) is 65.3 Å². The van der Waals surface area contributed by atoms with E-state index in [1.807, 2.05) is 61.5 Å². The summed E-state index contributed by atoms with van der Waals surface area (Å²) in [5, 5.41) is 0. The minimum atomic E-state index is -1.97. The van der Waals surface area contributed by atoms with Gasteiger partial charge >= 0.3 is 6.09 Å². The number of carbonyl (C=O) groups excluding carboxylic acids is 2. The van der Waals surface area contributed by atoms with Gasteiger partial charge in [-0.3, -0.25) is 4.79 Å². The summed E-state index contributed by atoms with van der Waals surface area (Å²) in [5.74, 6) is -0.795. The lowest BCUT2D eigenvalue weighted by molar-refractivity contribution is -0.136. The maximum absolute atomic E-state index is 13.5. The Morgan fingerprint density at radius 2 is 1.90 bits per heavy atom. The molecule has 1 aliphatic rings. The Kier molecular flexibility index (Phi) is 7.16. The van der Waals surface area contributed by atoms with Crippen molar-refractivity contribution in [2.45, 2.75) is 45.1 Å². The fourth-order valence-electron chi connectivity index (χ4n) is 3.64. The molecule has 0 unspecified atom stereocenters. The molecule has 1 saturated heterocycles. The number of rotatable bonds is 7. The van der Waals surface area contributed by atoms with Crippen molar-refractivity contribution in [1.29, 1.82) is 0 Å². The maximum Gasteiger partial charge on any atom is 0.416 e. The van der Waals surface area contributed by atoms with Crippen molar-refractivity contribution < 1.29 is 18.8 Å². The predicted molar refractivity (Wildman–Crippen MR) is 123 cm³/mol. The highest BCUT2D eigenvalue weighted by molar-refractivity contribution is 9.10. The van der Waals surface area contributed by atoms with Crippen molar-refractivity contribution in [3.63, 3.8) is 0 Å². The second-order valence-electron chi connectivity index (χ2n) is 8.62. The van der Waals surface area contributed by atoms with E-state index in [4.69, 9.17) is 9.16 Å². The number of carbonyl (C=O) groups is 2. The molecule has 3 atom stereocenters. The van der Waals surface area contributed by atoms with Crippen LogP contribution < -0.4 is 0 Å². The number of amides is 2. The number of benzene rings is 2. The number of ether oxygens (including phenoxy) is 1. The third kappa shape index (κ3) is 5.59. The molecule has 7 heteroatoms. The van der Waals surface area contributed by atoms with Crippen molar-refractivity contribution in [1.82, 2.24) is 4.90 Å². The lowest BCUT2D eigenvalue weighted by Gasteiger charge is -2.33. The molecule has 1 heterocycles. The number of nitrogens with zero attached hydrogens (tertiary/aromatic N) is 1. The molecule has 2 aromatic carbocycles. The third-order valence-corrected chi connectivity index (χ3v) is 6.47. The minimum absolute atomic E-state index is 0.211. The first-order valence-corrected chi connectivity index (χ1v) is 14.3. The van der Waals surface area contributed by atoms with E-state index in [1.165, 1.54) is 4.90 Å². The molecular weight excluding hydrogens is 462 g/mol. The highest BCUT2D eigenvalue weighted by Gasteiger charge is 2.42. The van der Waals surface area contributed by atoms with E-state index < -0.39 is 26.4 Å². The monoisotopic (exact) mass is 489 g/mol. The number of cyclic esters (lactones) is 1. The number of hydrogen-bond donors (Lipinski definition) is 0. The molecule has 0 aromatic heterocycles. The van der Waals surface area contributed by atoms with Gasteiger partial charge in [-0.2, -0.15) is 0 Å². The van der Waals surface area contributed by atoms with Crippen molar-refractivity contribution in [3.8, 4) is 0 Å². The summed E-state index contributed by atoms with van der Waals surface area (Å²) in [4.78, 5) is 27.2. The maximum atomic E-state index is 13.5. The minimum Gasteiger partial charge on any atom is -0.447 e. The van der Waals surface area contributed by atoms with Crippen LogP contribution in [0, 0.1) is 5.92 Å². The zero-order chi connectivity index (χ0) is 21.9. The zero-order valence-electron chi connectivity index (χ0n) is 17.8. The highest BCUT2D eigenvalue weighted by Crippen LogP contribution is 2.33. The molecule has 1 fully saturated rings. The summed E-state index contributed by atoms with van der Waals surface area (Å²) in [5.41, 5.74) is 1.98. The molecule has 30 heavy (non-hydrogen) atoms. The standard InChI is InChI=1S/C23H28BrNO4Si/c1-16(21(29-30(2,3)4)18-11-8-12-19(24)14-18)22(26)25-20(15-28-23(25)27)13-17-9-6-5-7-10-17/h5-12,14,16,20-21H,13,15H2,1-4H3/t16-,20+,21+/m1/s1. The topological polar surface area (TPSA) is 55.8 Å². The molecule has 2 aromatic rings. The van der Waals surface area contributed by atoms with Crippen LogP contribution in [0.1, 0.15) is 24.2 Å². The van der Waals surface area contributed by atoms with E-state index in [-0.39, 0.29) is 18.6 Å². The van der Waals surface area contributed by atoms with Crippen LogP contribution in [-0.4, -0.2) is 37.9 Å². The third-order valence-electron chi connectivity index (χ3n) is 5.01. The average Bonchev–Trinajstić information content (AvgIpc) is 3.05. The van der Waals surface area contributed by atoms with Gasteiger partial charge in [0.25, 0.3) is 0 Å². The Bertz CT molecular complexity index is 900. The summed E-state index contributed by atoms with van der Waals surface area (Å²) < 4.78 is 12.6. The fourth-order valence-corrected chi connectivity index (χ4v) is 5.16. The molecule has 2 amide bonds. The van der Waals surface area contributed by atoms with E-state index >= 15 is 0 Å². The summed E-state index contributed by atoms with van der Waals surface area (Å²) in [7, 11) is -1.97. The number of halogens is 1. The van der Waals surface area contributed by atoms with Crippen LogP contribution in [0.3, 0.4) is 0 Å². The summed E-state index contributed by atoms with van der Waals surface area (Å²) in [6.45, 7) is 8.33. The summed E-state index contributed by atoms with van der Waals surface area (Å²) in [6.07, 6.45) is -0.442. The van der Waals surface area contributed by atoms with Gasteiger partial charge in [0.1, 0.15) is 6.61 Å². The summed E-state index contributed by atoms with van der Waals surface area (Å²) >= 11 is 3.51. The Hall–Kier alpha value is -1.96. The second kappa shape index (κ2) is 9.45. The van der Waals surface area contributed by atoms with E-state index in [0.29, 0.717) is 6.42 Å². The molecule has 160 valence electrons. The van der Waals surface area contributed by atoms with Gasteiger partial charge < -0.3 is 9.16 Å². The average molecular weight is 490 g/mol. The Morgan fingerprint density at radius 3 is 2.53 bits per heavy atom. The normalized spacial score (nSPS) is 18.8. The van der Waals surface area contributed by atoms with Crippen LogP contribution in [0.15, 0.2) is 59.1 Å². The molecule has 0 N–H and O–H groups in total. The second-order valence-corrected chi connectivity index (χ2v) is 14.0. The molecule has 0 saturated carbocycles. The van der Waals surface area contributed by atoms with Crippen LogP contribution >= 0.6 is 15.9 Å². The van der Waals surface area contributed by atoms with E-state index in [9.17, 15) is 9.59 Å². The van der Waals surface area contributed by atoms with Gasteiger partial charge in [0, 0.05) is 4.47 Å². The first-order chi connectivity index (χ1) is 14.2. The number of imide groups is 1. The van der Waals surface area contributed by atoms with Gasteiger partial charge in [0.05, 0.1) is 18.1 Å². The van der Waals surface area contributed by atoms with Crippen LogP contribution in [0.5, 0.6) is 0 Å². The van der Waals surface area contributed by atoms with Crippen LogP contribution in [-0.2, 0) is 20.4 Å². The van der Waals surface area contributed by atoms with Crippen LogP contribution in [0.4, 0.5) is 4.79 Å². The van der Waals surface area contributed by atoms with Crippen molar-refractivity contribution in [2.24, 2.45) is 5.92 Å². The predicted octanol–water partition coefficient (Wildman–Crippen LogP) is 5.57.